The minimum Gasteiger partial charge on any atom is -0.478 e. The Morgan fingerprint density at radius 1 is 0.905 bits per heavy atom. The van der Waals surface area contributed by atoms with Crippen LogP contribution in [0.3, 0.4) is 0 Å². The molecule has 0 saturated heterocycles. The van der Waals surface area contributed by atoms with Gasteiger partial charge in [-0.05, 0) is 18.2 Å². The number of hydrogen-bond donors (Lipinski definition) is 1. The Bertz CT molecular complexity index is 788. The van der Waals surface area contributed by atoms with Gasteiger partial charge in [0.2, 0.25) is 0 Å². The fourth-order valence-corrected chi connectivity index (χ4v) is 2.00. The lowest BCUT2D eigenvalue weighted by Gasteiger charge is -2.05. The van der Waals surface area contributed by atoms with Crippen LogP contribution < -0.4 is 0 Å². The fourth-order valence-electron chi connectivity index (χ4n) is 2.00. The minimum absolute atomic E-state index is 0.0858. The summed E-state index contributed by atoms with van der Waals surface area (Å²) >= 11 is 0. The largest absolute Gasteiger partial charge is 0.478 e. The molecule has 102 valence electrons. The molecule has 1 N–H and O–H groups in total. The molecule has 0 aliphatic heterocycles. The first-order valence-corrected chi connectivity index (χ1v) is 6.33. The van der Waals surface area contributed by atoms with Crippen molar-refractivity contribution in [3.05, 3.63) is 66.5 Å². The van der Waals surface area contributed by atoms with Gasteiger partial charge in [-0.25, -0.2) is 14.8 Å². The number of rotatable bonds is 3. The number of carbonyl (C=O) groups is 1. The van der Waals surface area contributed by atoms with E-state index in [1.165, 1.54) is 12.3 Å². The Morgan fingerprint density at radius 3 is 2.48 bits per heavy atom. The van der Waals surface area contributed by atoms with Gasteiger partial charge < -0.3 is 5.11 Å². The number of aromatic carboxylic acids is 1. The predicted molar refractivity (Wildman–Crippen MR) is 77.7 cm³/mol. The molecule has 2 heterocycles. The molecule has 0 saturated carbocycles. The Morgan fingerprint density at radius 2 is 1.71 bits per heavy atom. The monoisotopic (exact) mass is 277 g/mol. The van der Waals surface area contributed by atoms with Gasteiger partial charge in [-0.1, -0.05) is 30.3 Å². The topological polar surface area (TPSA) is 76.0 Å². The van der Waals surface area contributed by atoms with Gasteiger partial charge in [-0.2, -0.15) is 0 Å². The first kappa shape index (κ1) is 12.9. The maximum atomic E-state index is 11.3. The molecule has 0 atom stereocenters. The molecule has 21 heavy (non-hydrogen) atoms. The van der Waals surface area contributed by atoms with Crippen LogP contribution in [0, 0.1) is 0 Å². The maximum Gasteiger partial charge on any atom is 0.338 e. The van der Waals surface area contributed by atoms with E-state index in [0.29, 0.717) is 5.82 Å². The molecule has 0 aliphatic rings. The van der Waals surface area contributed by atoms with Crippen molar-refractivity contribution in [2.45, 2.75) is 0 Å². The second kappa shape index (κ2) is 5.50. The second-order valence-corrected chi connectivity index (χ2v) is 4.34. The molecule has 5 nitrogen and oxygen atoms in total. The Kier molecular flexibility index (Phi) is 3.39. The summed E-state index contributed by atoms with van der Waals surface area (Å²) < 4.78 is 0. The third-order valence-electron chi connectivity index (χ3n) is 2.98. The zero-order valence-corrected chi connectivity index (χ0v) is 11.0. The molecule has 0 fully saturated rings. The molecule has 0 bridgehead atoms. The van der Waals surface area contributed by atoms with Crippen LogP contribution in [0.5, 0.6) is 0 Å². The third-order valence-corrected chi connectivity index (χ3v) is 2.98. The summed E-state index contributed by atoms with van der Waals surface area (Å²) in [6, 6.07) is 14.5. The normalized spacial score (nSPS) is 10.3. The van der Waals surface area contributed by atoms with Crippen molar-refractivity contribution in [3.8, 4) is 22.8 Å². The van der Waals surface area contributed by atoms with E-state index in [2.05, 4.69) is 15.0 Å². The average molecular weight is 277 g/mol. The van der Waals surface area contributed by atoms with Gasteiger partial charge in [0.1, 0.15) is 5.69 Å². The molecule has 0 aliphatic carbocycles. The van der Waals surface area contributed by atoms with Crippen molar-refractivity contribution in [2.75, 3.05) is 0 Å². The van der Waals surface area contributed by atoms with Crippen molar-refractivity contribution < 1.29 is 9.90 Å². The second-order valence-electron chi connectivity index (χ2n) is 4.34. The van der Waals surface area contributed by atoms with Gasteiger partial charge in [-0.3, -0.25) is 4.98 Å². The molecular weight excluding hydrogens is 266 g/mol. The number of nitrogens with zero attached hydrogens (tertiary/aromatic N) is 3. The molecule has 0 radical (unpaired) electrons. The highest BCUT2D eigenvalue weighted by Crippen LogP contribution is 2.21. The van der Waals surface area contributed by atoms with Crippen molar-refractivity contribution in [1.82, 2.24) is 15.0 Å². The van der Waals surface area contributed by atoms with Crippen LogP contribution in [0.25, 0.3) is 22.8 Å². The number of aromatic nitrogens is 3. The minimum atomic E-state index is -1.05. The smallest absolute Gasteiger partial charge is 0.338 e. The van der Waals surface area contributed by atoms with E-state index in [-0.39, 0.29) is 11.3 Å². The fraction of sp³-hybridized carbons (Fsp3) is 0. The summed E-state index contributed by atoms with van der Waals surface area (Å²) in [4.78, 5) is 23.9. The summed E-state index contributed by atoms with van der Waals surface area (Å²) in [6.07, 6.45) is 3.13. The van der Waals surface area contributed by atoms with E-state index in [1.807, 2.05) is 30.3 Å². The SMILES string of the molecule is O=C(O)c1cccnc1-c1nccc(-c2ccccc2)n1. The molecule has 0 unspecified atom stereocenters. The van der Waals surface area contributed by atoms with Crippen LogP contribution in [0.15, 0.2) is 60.9 Å². The van der Waals surface area contributed by atoms with E-state index in [4.69, 9.17) is 0 Å². The summed E-state index contributed by atoms with van der Waals surface area (Å²) in [6.45, 7) is 0. The highest BCUT2D eigenvalue weighted by atomic mass is 16.4. The summed E-state index contributed by atoms with van der Waals surface area (Å²) in [5.74, 6) is -0.749. The number of pyridine rings is 1. The van der Waals surface area contributed by atoms with Gasteiger partial charge in [0.15, 0.2) is 5.82 Å². The zero-order valence-electron chi connectivity index (χ0n) is 11.0. The lowest BCUT2D eigenvalue weighted by molar-refractivity contribution is 0.0697. The van der Waals surface area contributed by atoms with Crippen LogP contribution in [0.1, 0.15) is 10.4 Å². The van der Waals surface area contributed by atoms with Crippen molar-refractivity contribution >= 4 is 5.97 Å². The van der Waals surface area contributed by atoms with Crippen molar-refractivity contribution in [3.63, 3.8) is 0 Å². The standard InChI is InChI=1S/C16H11N3O2/c20-16(21)12-7-4-9-17-14(12)15-18-10-8-13(19-15)11-5-2-1-3-6-11/h1-10H,(H,20,21). The molecule has 0 spiro atoms. The van der Waals surface area contributed by atoms with E-state index in [9.17, 15) is 9.90 Å². The van der Waals surface area contributed by atoms with Crippen LogP contribution in [-0.4, -0.2) is 26.0 Å². The number of hydrogen-bond acceptors (Lipinski definition) is 4. The van der Waals surface area contributed by atoms with Gasteiger partial charge >= 0.3 is 5.97 Å². The summed E-state index contributed by atoms with van der Waals surface area (Å²) in [5, 5.41) is 9.22. The van der Waals surface area contributed by atoms with E-state index < -0.39 is 5.97 Å². The number of carboxylic acid groups (broad SMARTS) is 1. The maximum absolute atomic E-state index is 11.3. The van der Waals surface area contributed by atoms with Gasteiger partial charge in [0.25, 0.3) is 0 Å². The zero-order chi connectivity index (χ0) is 14.7. The molecule has 1 aromatic carbocycles. The lowest BCUT2D eigenvalue weighted by Crippen LogP contribution is -2.03. The molecule has 3 rings (SSSR count). The predicted octanol–water partition coefficient (Wildman–Crippen LogP) is 2.90. The van der Waals surface area contributed by atoms with Crippen molar-refractivity contribution in [2.24, 2.45) is 0 Å². The number of carboxylic acids is 1. The van der Waals surface area contributed by atoms with Crippen LogP contribution in [0.2, 0.25) is 0 Å². The van der Waals surface area contributed by atoms with E-state index >= 15 is 0 Å². The Hall–Kier alpha value is -3.08. The molecule has 3 aromatic rings. The van der Waals surface area contributed by atoms with Crippen LogP contribution in [-0.2, 0) is 0 Å². The summed E-state index contributed by atoms with van der Waals surface area (Å²) in [5.41, 5.74) is 2.02. The van der Waals surface area contributed by atoms with Gasteiger partial charge in [0.05, 0.1) is 11.3 Å². The molecule has 2 aromatic heterocycles. The molecule has 0 amide bonds. The van der Waals surface area contributed by atoms with Crippen LogP contribution in [0.4, 0.5) is 0 Å². The molecule has 5 heteroatoms. The summed E-state index contributed by atoms with van der Waals surface area (Å²) in [7, 11) is 0. The lowest BCUT2D eigenvalue weighted by atomic mass is 10.1. The van der Waals surface area contributed by atoms with Gasteiger partial charge in [-0.15, -0.1) is 0 Å². The highest BCUT2D eigenvalue weighted by Gasteiger charge is 2.15. The average Bonchev–Trinajstić information content (AvgIpc) is 2.56. The van der Waals surface area contributed by atoms with E-state index in [1.54, 1.807) is 18.3 Å². The quantitative estimate of drug-likeness (QED) is 0.796. The molecular formula is C16H11N3O2. The number of benzene rings is 1. The first-order valence-electron chi connectivity index (χ1n) is 6.33. The Balaban J connectivity index is 2.11. The Labute approximate surface area is 121 Å². The highest BCUT2D eigenvalue weighted by molar-refractivity contribution is 5.93. The van der Waals surface area contributed by atoms with Crippen molar-refractivity contribution in [1.29, 1.82) is 0 Å². The van der Waals surface area contributed by atoms with Gasteiger partial charge in [0, 0.05) is 18.0 Å². The third kappa shape index (κ3) is 2.62. The van der Waals surface area contributed by atoms with Crippen LogP contribution >= 0.6 is 0 Å². The first-order chi connectivity index (χ1) is 10.3. The van der Waals surface area contributed by atoms with E-state index in [0.717, 1.165) is 11.3 Å².